The topological polar surface area (TPSA) is 36.9 Å². The summed E-state index contributed by atoms with van der Waals surface area (Å²) in [7, 11) is -0.712. The van der Waals surface area contributed by atoms with Crippen LogP contribution in [0.25, 0.3) is 0 Å². The molecule has 1 fully saturated rings. The Hall–Kier alpha value is -1.27. The lowest BCUT2D eigenvalue weighted by Gasteiger charge is -2.32. The number of hydrogen-bond donors (Lipinski definition) is 0. The van der Waals surface area contributed by atoms with Crippen molar-refractivity contribution in [3.63, 3.8) is 0 Å². The molecule has 1 aliphatic rings. The molecule has 2 rings (SSSR count). The van der Waals surface area contributed by atoms with Gasteiger partial charge < -0.3 is 18.8 Å². The minimum atomic E-state index is -0.712. The lowest BCUT2D eigenvalue weighted by Crippen LogP contribution is -2.41. The molecule has 0 atom stereocenters. The van der Waals surface area contributed by atoms with Crippen LogP contribution in [0.15, 0.2) is 12.1 Å². The summed E-state index contributed by atoms with van der Waals surface area (Å²) < 4.78 is 38.2. The van der Waals surface area contributed by atoms with Crippen LogP contribution in [0.3, 0.4) is 0 Å². The Balaban J connectivity index is 2.45. The van der Waals surface area contributed by atoms with E-state index in [9.17, 15) is 4.39 Å². The third kappa shape index (κ3) is 4.48. The van der Waals surface area contributed by atoms with E-state index in [0.717, 1.165) is 0 Å². The van der Waals surface area contributed by atoms with Gasteiger partial charge in [-0.3, -0.25) is 0 Å². The van der Waals surface area contributed by atoms with E-state index >= 15 is 0 Å². The van der Waals surface area contributed by atoms with Gasteiger partial charge in [-0.15, -0.1) is 0 Å². The first-order valence-electron chi connectivity index (χ1n) is 8.91. The molecule has 0 spiro atoms. The van der Waals surface area contributed by atoms with Crippen LogP contribution in [-0.2, 0) is 9.31 Å². The van der Waals surface area contributed by atoms with Crippen molar-refractivity contribution in [3.8, 4) is 11.5 Å². The molecule has 0 aromatic heterocycles. The minimum Gasteiger partial charge on any atom is -0.489 e. The van der Waals surface area contributed by atoms with Crippen molar-refractivity contribution in [1.82, 2.24) is 0 Å². The highest BCUT2D eigenvalue weighted by atomic mass is 19.1. The van der Waals surface area contributed by atoms with Crippen molar-refractivity contribution in [2.45, 2.75) is 72.7 Å². The molecule has 140 valence electrons. The van der Waals surface area contributed by atoms with Gasteiger partial charge in [0.2, 0.25) is 0 Å². The van der Waals surface area contributed by atoms with Gasteiger partial charge in [0.05, 0.1) is 23.9 Å². The van der Waals surface area contributed by atoms with Crippen LogP contribution in [0.5, 0.6) is 11.5 Å². The van der Waals surface area contributed by atoms with Crippen LogP contribution >= 0.6 is 0 Å². The van der Waals surface area contributed by atoms with Gasteiger partial charge in [0.1, 0.15) is 5.82 Å². The monoisotopic (exact) mass is 352 g/mol. The minimum absolute atomic E-state index is 0.0898. The fourth-order valence-corrected chi connectivity index (χ4v) is 2.46. The first kappa shape index (κ1) is 20.1. The zero-order valence-electron chi connectivity index (χ0n) is 16.6. The standard InChI is InChI=1S/C19H30BFO4/c1-12(2)11-22-16-10-14(21)9-15(17(16)23-13(3)4)20-24-18(5,6)19(7,8)25-20/h9-10,12-13H,11H2,1-8H3. The van der Waals surface area contributed by atoms with Crippen molar-refractivity contribution in [3.05, 3.63) is 17.9 Å². The van der Waals surface area contributed by atoms with E-state index in [0.29, 0.717) is 29.5 Å². The van der Waals surface area contributed by atoms with Gasteiger partial charge in [-0.25, -0.2) is 4.39 Å². The summed E-state index contributed by atoms with van der Waals surface area (Å²) in [5.74, 6) is 0.776. The summed E-state index contributed by atoms with van der Waals surface area (Å²) in [5.41, 5.74) is -0.512. The number of benzene rings is 1. The Morgan fingerprint density at radius 3 is 2.08 bits per heavy atom. The predicted molar refractivity (Wildman–Crippen MR) is 98.2 cm³/mol. The van der Waals surface area contributed by atoms with Gasteiger partial charge in [-0.05, 0) is 53.5 Å². The van der Waals surface area contributed by atoms with Crippen LogP contribution in [0.4, 0.5) is 4.39 Å². The summed E-state index contributed by atoms with van der Waals surface area (Å²) >= 11 is 0. The molecule has 0 saturated carbocycles. The fourth-order valence-electron chi connectivity index (χ4n) is 2.46. The van der Waals surface area contributed by atoms with Gasteiger partial charge in [-0.2, -0.15) is 0 Å². The molecule has 0 bridgehead atoms. The first-order valence-corrected chi connectivity index (χ1v) is 8.91. The lowest BCUT2D eigenvalue weighted by molar-refractivity contribution is 0.00578. The second-order valence-corrected chi connectivity index (χ2v) is 8.28. The molecule has 0 amide bonds. The number of halogens is 1. The van der Waals surface area contributed by atoms with Crippen LogP contribution in [-0.4, -0.2) is 31.0 Å². The van der Waals surface area contributed by atoms with Crippen molar-refractivity contribution in [2.24, 2.45) is 5.92 Å². The third-order valence-corrected chi connectivity index (χ3v) is 4.48. The lowest BCUT2D eigenvalue weighted by atomic mass is 9.78. The molecule has 0 unspecified atom stereocenters. The Labute approximate surface area is 151 Å². The molecule has 0 aliphatic carbocycles. The summed E-state index contributed by atoms with van der Waals surface area (Å²) in [6, 6.07) is 2.76. The SMILES string of the molecule is CC(C)COc1cc(F)cc(B2OC(C)(C)C(C)(C)O2)c1OC(C)C. The second kappa shape index (κ2) is 7.16. The van der Waals surface area contributed by atoms with E-state index in [1.807, 2.05) is 55.4 Å². The van der Waals surface area contributed by atoms with Gasteiger partial charge >= 0.3 is 7.12 Å². The van der Waals surface area contributed by atoms with E-state index in [1.54, 1.807) is 0 Å². The summed E-state index contributed by atoms with van der Waals surface area (Å²) in [6.45, 7) is 16.2. The highest BCUT2D eigenvalue weighted by Crippen LogP contribution is 2.38. The molecule has 1 heterocycles. The summed E-state index contributed by atoms with van der Waals surface area (Å²) in [5, 5.41) is 0. The normalized spacial score (nSPS) is 18.9. The fraction of sp³-hybridized carbons (Fsp3) is 0.684. The maximum absolute atomic E-state index is 14.3. The molecule has 1 aromatic carbocycles. The zero-order valence-corrected chi connectivity index (χ0v) is 16.6. The molecule has 0 N–H and O–H groups in total. The van der Waals surface area contributed by atoms with Crippen LogP contribution in [0.2, 0.25) is 0 Å². The average molecular weight is 352 g/mol. The van der Waals surface area contributed by atoms with E-state index in [4.69, 9.17) is 18.8 Å². The zero-order chi connectivity index (χ0) is 19.0. The Kier molecular flexibility index (Phi) is 5.74. The molecule has 1 aliphatic heterocycles. The van der Waals surface area contributed by atoms with E-state index < -0.39 is 24.1 Å². The Morgan fingerprint density at radius 2 is 1.60 bits per heavy atom. The quantitative estimate of drug-likeness (QED) is 0.727. The van der Waals surface area contributed by atoms with Gasteiger partial charge in [0.25, 0.3) is 0 Å². The van der Waals surface area contributed by atoms with Crippen LogP contribution in [0, 0.1) is 11.7 Å². The average Bonchev–Trinajstić information content (AvgIpc) is 2.66. The van der Waals surface area contributed by atoms with E-state index in [-0.39, 0.29) is 6.10 Å². The molecule has 25 heavy (non-hydrogen) atoms. The number of rotatable bonds is 6. The summed E-state index contributed by atoms with van der Waals surface area (Å²) in [6.07, 6.45) is -0.0898. The maximum atomic E-state index is 14.3. The highest BCUT2D eigenvalue weighted by Gasteiger charge is 2.53. The molecule has 0 radical (unpaired) electrons. The third-order valence-electron chi connectivity index (χ3n) is 4.48. The Bertz CT molecular complexity index is 598. The molecule has 6 heteroatoms. The molecular weight excluding hydrogens is 322 g/mol. The van der Waals surface area contributed by atoms with E-state index in [2.05, 4.69) is 0 Å². The predicted octanol–water partition coefficient (Wildman–Crippen LogP) is 3.95. The van der Waals surface area contributed by atoms with Gasteiger partial charge in [0, 0.05) is 11.5 Å². The first-order chi connectivity index (χ1) is 11.4. The Morgan fingerprint density at radius 1 is 1.04 bits per heavy atom. The van der Waals surface area contributed by atoms with Crippen LogP contribution < -0.4 is 14.9 Å². The maximum Gasteiger partial charge on any atom is 0.498 e. The summed E-state index contributed by atoms with van der Waals surface area (Å²) in [4.78, 5) is 0. The van der Waals surface area contributed by atoms with Gasteiger partial charge in [0.15, 0.2) is 11.5 Å². The highest BCUT2D eigenvalue weighted by molar-refractivity contribution is 6.63. The molecule has 4 nitrogen and oxygen atoms in total. The van der Waals surface area contributed by atoms with Gasteiger partial charge in [-0.1, -0.05) is 13.8 Å². The largest absolute Gasteiger partial charge is 0.498 e. The van der Waals surface area contributed by atoms with Crippen molar-refractivity contribution in [2.75, 3.05) is 6.61 Å². The molecule has 1 aromatic rings. The molecular formula is C19H30BFO4. The number of hydrogen-bond acceptors (Lipinski definition) is 4. The van der Waals surface area contributed by atoms with E-state index in [1.165, 1.54) is 12.1 Å². The van der Waals surface area contributed by atoms with Crippen molar-refractivity contribution >= 4 is 12.6 Å². The van der Waals surface area contributed by atoms with Crippen molar-refractivity contribution < 1.29 is 23.2 Å². The smallest absolute Gasteiger partial charge is 0.489 e. The van der Waals surface area contributed by atoms with Crippen molar-refractivity contribution in [1.29, 1.82) is 0 Å². The second-order valence-electron chi connectivity index (χ2n) is 8.28. The van der Waals surface area contributed by atoms with Crippen LogP contribution in [0.1, 0.15) is 55.4 Å². The number of ether oxygens (including phenoxy) is 2. The molecule has 1 saturated heterocycles.